The summed E-state index contributed by atoms with van der Waals surface area (Å²) in [7, 11) is 0. The molecule has 2 unspecified atom stereocenters. The van der Waals surface area contributed by atoms with Crippen LogP contribution in [0.2, 0.25) is 0 Å². The molecule has 2 nitrogen and oxygen atoms in total. The summed E-state index contributed by atoms with van der Waals surface area (Å²) in [5.41, 5.74) is 11.0. The zero-order chi connectivity index (χ0) is 6.57. The summed E-state index contributed by atoms with van der Waals surface area (Å²) in [5.74, 6) is 0. The normalized spacial score (nSPS) is 18.0. The first-order valence-corrected chi connectivity index (χ1v) is 2.99. The van der Waals surface area contributed by atoms with Gasteiger partial charge in [-0.15, -0.1) is 0 Å². The standard InChI is InChI=1S/C6H15N2/c1-3-4-6(8)5(2)7/h5-6H,1,3-4,7-8H2,2H3. The molecule has 0 amide bonds. The average molecular weight is 115 g/mol. The van der Waals surface area contributed by atoms with Gasteiger partial charge in [0.15, 0.2) is 0 Å². The maximum absolute atomic E-state index is 5.56. The molecule has 0 aliphatic heterocycles. The predicted molar refractivity (Wildman–Crippen MR) is 36.2 cm³/mol. The van der Waals surface area contributed by atoms with Crippen molar-refractivity contribution in [2.75, 3.05) is 0 Å². The van der Waals surface area contributed by atoms with E-state index in [-0.39, 0.29) is 12.1 Å². The lowest BCUT2D eigenvalue weighted by atomic mass is 10.1. The minimum absolute atomic E-state index is 0.108. The molecule has 2 heteroatoms. The molecule has 0 aromatic carbocycles. The Kier molecular flexibility index (Phi) is 3.83. The van der Waals surface area contributed by atoms with Crippen molar-refractivity contribution >= 4 is 0 Å². The third-order valence-corrected chi connectivity index (χ3v) is 1.21. The molecule has 0 bridgehead atoms. The van der Waals surface area contributed by atoms with Crippen LogP contribution in [0.3, 0.4) is 0 Å². The Morgan fingerprint density at radius 1 is 1.50 bits per heavy atom. The molecule has 0 spiro atoms. The van der Waals surface area contributed by atoms with Crippen LogP contribution < -0.4 is 11.5 Å². The van der Waals surface area contributed by atoms with Crippen LogP contribution in [-0.2, 0) is 0 Å². The summed E-state index contributed by atoms with van der Waals surface area (Å²) in [6, 6.07) is 0.240. The minimum atomic E-state index is 0.108. The lowest BCUT2D eigenvalue weighted by Crippen LogP contribution is -2.38. The second-order valence-corrected chi connectivity index (χ2v) is 2.17. The van der Waals surface area contributed by atoms with Crippen LogP contribution in [0.25, 0.3) is 0 Å². The highest BCUT2D eigenvalue weighted by atomic mass is 14.8. The second kappa shape index (κ2) is 3.87. The van der Waals surface area contributed by atoms with Crippen LogP contribution >= 0.6 is 0 Å². The first kappa shape index (κ1) is 7.92. The van der Waals surface area contributed by atoms with Gasteiger partial charge in [-0.3, -0.25) is 0 Å². The zero-order valence-electron chi connectivity index (χ0n) is 5.43. The molecule has 0 heterocycles. The van der Waals surface area contributed by atoms with Gasteiger partial charge in [-0.25, -0.2) is 0 Å². The van der Waals surface area contributed by atoms with Gasteiger partial charge in [0.1, 0.15) is 0 Å². The fraction of sp³-hybridized carbons (Fsp3) is 0.833. The average Bonchev–Trinajstić information content (AvgIpc) is 1.67. The van der Waals surface area contributed by atoms with Gasteiger partial charge < -0.3 is 11.5 Å². The molecule has 0 saturated heterocycles. The summed E-state index contributed by atoms with van der Waals surface area (Å²) in [6.45, 7) is 5.59. The fourth-order valence-electron chi connectivity index (χ4n) is 0.499. The Balaban J connectivity index is 3.17. The van der Waals surface area contributed by atoms with E-state index in [0.717, 1.165) is 12.8 Å². The van der Waals surface area contributed by atoms with Crippen LogP contribution in [0.15, 0.2) is 0 Å². The van der Waals surface area contributed by atoms with Gasteiger partial charge in [-0.1, -0.05) is 13.3 Å². The highest BCUT2D eigenvalue weighted by Crippen LogP contribution is 1.94. The first-order valence-electron chi connectivity index (χ1n) is 2.99. The van der Waals surface area contributed by atoms with Crippen molar-refractivity contribution in [3.05, 3.63) is 6.92 Å². The molecule has 0 aliphatic carbocycles. The number of nitrogens with two attached hydrogens (primary N) is 2. The topological polar surface area (TPSA) is 52.0 Å². The lowest BCUT2D eigenvalue weighted by Gasteiger charge is -2.12. The lowest BCUT2D eigenvalue weighted by molar-refractivity contribution is 0.527. The third kappa shape index (κ3) is 2.99. The molecule has 0 aliphatic rings. The molecule has 8 heavy (non-hydrogen) atoms. The van der Waals surface area contributed by atoms with Crippen molar-refractivity contribution in [1.29, 1.82) is 0 Å². The van der Waals surface area contributed by atoms with Crippen molar-refractivity contribution in [3.63, 3.8) is 0 Å². The van der Waals surface area contributed by atoms with E-state index in [1.807, 2.05) is 6.92 Å². The molecule has 1 radical (unpaired) electrons. The Morgan fingerprint density at radius 3 is 2.12 bits per heavy atom. The van der Waals surface area contributed by atoms with Gasteiger partial charge in [0, 0.05) is 12.1 Å². The number of rotatable bonds is 3. The highest BCUT2D eigenvalue weighted by molar-refractivity contribution is 4.70. The molecule has 2 atom stereocenters. The largest absolute Gasteiger partial charge is 0.327 e. The van der Waals surface area contributed by atoms with Crippen LogP contribution in [0.4, 0.5) is 0 Å². The monoisotopic (exact) mass is 115 g/mol. The van der Waals surface area contributed by atoms with Crippen molar-refractivity contribution < 1.29 is 0 Å². The van der Waals surface area contributed by atoms with Crippen molar-refractivity contribution in [1.82, 2.24) is 0 Å². The van der Waals surface area contributed by atoms with Crippen LogP contribution in [0.1, 0.15) is 19.8 Å². The molecule has 0 rings (SSSR count). The van der Waals surface area contributed by atoms with E-state index in [1.54, 1.807) is 0 Å². The summed E-state index contributed by atoms with van der Waals surface area (Å²) >= 11 is 0. The van der Waals surface area contributed by atoms with Gasteiger partial charge in [0.05, 0.1) is 0 Å². The molecule has 49 valence electrons. The van der Waals surface area contributed by atoms with Crippen LogP contribution in [0, 0.1) is 6.92 Å². The smallest absolute Gasteiger partial charge is 0.0189 e. The quantitative estimate of drug-likeness (QED) is 0.555. The Hall–Kier alpha value is -0.0800. The maximum atomic E-state index is 5.56. The summed E-state index contributed by atoms with van der Waals surface area (Å²) in [6.07, 6.45) is 1.81. The van der Waals surface area contributed by atoms with Crippen molar-refractivity contribution in [3.8, 4) is 0 Å². The number of hydrogen-bond acceptors (Lipinski definition) is 2. The van der Waals surface area contributed by atoms with Crippen LogP contribution in [0.5, 0.6) is 0 Å². The summed E-state index contributed by atoms with van der Waals surface area (Å²) in [4.78, 5) is 0. The van der Waals surface area contributed by atoms with E-state index in [9.17, 15) is 0 Å². The number of hydrogen-bond donors (Lipinski definition) is 2. The molecular weight excluding hydrogens is 100 g/mol. The molecular formula is C6H15N2. The Labute approximate surface area is 51.2 Å². The molecule has 0 fully saturated rings. The maximum Gasteiger partial charge on any atom is 0.0189 e. The van der Waals surface area contributed by atoms with Crippen molar-refractivity contribution in [2.45, 2.75) is 31.8 Å². The van der Waals surface area contributed by atoms with Gasteiger partial charge >= 0.3 is 0 Å². The Morgan fingerprint density at radius 2 is 2.00 bits per heavy atom. The van der Waals surface area contributed by atoms with E-state index < -0.39 is 0 Å². The van der Waals surface area contributed by atoms with E-state index in [0.29, 0.717) is 0 Å². The SMILES string of the molecule is [CH2]CCC(N)C(C)N. The van der Waals surface area contributed by atoms with Crippen LogP contribution in [-0.4, -0.2) is 12.1 Å². The predicted octanol–water partition coefficient (Wildman–Crippen LogP) is 0.275. The third-order valence-electron chi connectivity index (χ3n) is 1.21. The van der Waals surface area contributed by atoms with Gasteiger partial charge in [-0.2, -0.15) is 0 Å². The van der Waals surface area contributed by atoms with Gasteiger partial charge in [-0.05, 0) is 13.3 Å². The minimum Gasteiger partial charge on any atom is -0.327 e. The van der Waals surface area contributed by atoms with E-state index in [1.165, 1.54) is 0 Å². The van der Waals surface area contributed by atoms with E-state index >= 15 is 0 Å². The molecule has 0 aromatic heterocycles. The highest BCUT2D eigenvalue weighted by Gasteiger charge is 2.04. The summed E-state index contributed by atoms with van der Waals surface area (Å²) < 4.78 is 0. The second-order valence-electron chi connectivity index (χ2n) is 2.17. The molecule has 0 aromatic rings. The Bertz CT molecular complexity index is 52.5. The van der Waals surface area contributed by atoms with Gasteiger partial charge in [0.2, 0.25) is 0 Å². The first-order chi connectivity index (χ1) is 3.68. The van der Waals surface area contributed by atoms with E-state index in [4.69, 9.17) is 11.5 Å². The van der Waals surface area contributed by atoms with Gasteiger partial charge in [0.25, 0.3) is 0 Å². The van der Waals surface area contributed by atoms with E-state index in [2.05, 4.69) is 6.92 Å². The molecule has 4 N–H and O–H groups in total. The van der Waals surface area contributed by atoms with Crippen molar-refractivity contribution in [2.24, 2.45) is 11.5 Å². The summed E-state index contributed by atoms with van der Waals surface area (Å²) in [5, 5.41) is 0. The zero-order valence-corrected chi connectivity index (χ0v) is 5.43. The fourth-order valence-corrected chi connectivity index (χ4v) is 0.499. The molecule has 0 saturated carbocycles.